The maximum Gasteiger partial charge on any atom is 0.341 e. The van der Waals surface area contributed by atoms with Crippen LogP contribution in [0.3, 0.4) is 0 Å². The second-order valence-electron chi connectivity index (χ2n) is 6.14. The van der Waals surface area contributed by atoms with Crippen molar-refractivity contribution in [2.75, 3.05) is 6.61 Å². The Balaban J connectivity index is 1.86. The molecule has 0 heterocycles. The Bertz CT molecular complexity index is 593. The Morgan fingerprint density at radius 3 is 2.83 bits per heavy atom. The van der Waals surface area contributed by atoms with E-state index in [0.717, 1.165) is 12.8 Å². The molecule has 23 heavy (non-hydrogen) atoms. The number of benzene rings is 1. The molecule has 1 aliphatic rings. The molecular formula is C17H21BrFNO3. The van der Waals surface area contributed by atoms with Crippen LogP contribution in [0.4, 0.5) is 4.39 Å². The van der Waals surface area contributed by atoms with Gasteiger partial charge in [0, 0.05) is 10.5 Å². The van der Waals surface area contributed by atoms with Crippen LogP contribution in [0.15, 0.2) is 22.7 Å². The van der Waals surface area contributed by atoms with E-state index in [0.29, 0.717) is 16.3 Å². The van der Waals surface area contributed by atoms with Gasteiger partial charge < -0.3 is 10.1 Å². The third-order valence-electron chi connectivity index (χ3n) is 4.54. The molecule has 1 fully saturated rings. The molecule has 0 aliphatic heterocycles. The highest BCUT2D eigenvalue weighted by atomic mass is 79.9. The van der Waals surface area contributed by atoms with Gasteiger partial charge >= 0.3 is 5.97 Å². The lowest BCUT2D eigenvalue weighted by molar-refractivity contribution is -0.125. The van der Waals surface area contributed by atoms with Crippen molar-refractivity contribution >= 4 is 27.8 Å². The fourth-order valence-corrected chi connectivity index (χ4v) is 3.26. The Kier molecular flexibility index (Phi) is 6.16. The average Bonchev–Trinajstić information content (AvgIpc) is 2.52. The van der Waals surface area contributed by atoms with Crippen LogP contribution in [0.2, 0.25) is 0 Å². The van der Waals surface area contributed by atoms with Crippen LogP contribution in [-0.4, -0.2) is 24.5 Å². The molecule has 6 heteroatoms. The summed E-state index contributed by atoms with van der Waals surface area (Å²) in [5, 5.41) is 2.91. The van der Waals surface area contributed by atoms with Gasteiger partial charge in [-0.1, -0.05) is 42.6 Å². The molecule has 1 aromatic carbocycles. The van der Waals surface area contributed by atoms with Crippen LogP contribution in [0.1, 0.15) is 43.5 Å². The number of carbonyl (C=O) groups is 2. The van der Waals surface area contributed by atoms with Crippen molar-refractivity contribution in [3.05, 3.63) is 34.1 Å². The maximum atomic E-state index is 13.6. The SMILES string of the molecule is C[C@@H]1[C@H](C)CCC[C@H]1NC(=O)COC(=O)c1cc(Br)ccc1F. The summed E-state index contributed by atoms with van der Waals surface area (Å²) in [6.45, 7) is 3.90. The molecule has 0 spiro atoms. The molecule has 1 aromatic rings. The van der Waals surface area contributed by atoms with E-state index in [2.05, 4.69) is 35.1 Å². The van der Waals surface area contributed by atoms with Crippen LogP contribution < -0.4 is 5.32 Å². The highest BCUT2D eigenvalue weighted by Gasteiger charge is 2.28. The van der Waals surface area contributed by atoms with Crippen molar-refractivity contribution in [3.63, 3.8) is 0 Å². The summed E-state index contributed by atoms with van der Waals surface area (Å²) < 4.78 is 19.1. The van der Waals surface area contributed by atoms with E-state index in [1.54, 1.807) is 0 Å². The van der Waals surface area contributed by atoms with Crippen molar-refractivity contribution in [2.45, 2.75) is 39.2 Å². The molecule has 4 nitrogen and oxygen atoms in total. The van der Waals surface area contributed by atoms with Crippen molar-refractivity contribution in [1.29, 1.82) is 0 Å². The normalized spacial score (nSPS) is 24.1. The topological polar surface area (TPSA) is 55.4 Å². The maximum absolute atomic E-state index is 13.6. The van der Waals surface area contributed by atoms with Crippen molar-refractivity contribution in [1.82, 2.24) is 5.32 Å². The number of halogens is 2. The first kappa shape index (κ1) is 17.9. The van der Waals surface area contributed by atoms with Crippen LogP contribution >= 0.6 is 15.9 Å². The molecule has 1 N–H and O–H groups in total. The minimum absolute atomic E-state index is 0.104. The van der Waals surface area contributed by atoms with Crippen LogP contribution in [0.25, 0.3) is 0 Å². The van der Waals surface area contributed by atoms with E-state index < -0.39 is 18.4 Å². The second-order valence-corrected chi connectivity index (χ2v) is 7.06. The van der Waals surface area contributed by atoms with E-state index in [9.17, 15) is 14.0 Å². The van der Waals surface area contributed by atoms with Gasteiger partial charge in [-0.3, -0.25) is 4.79 Å². The standard InChI is InChI=1S/C17H21BrFNO3/c1-10-4-3-5-15(11(10)2)20-16(21)9-23-17(22)13-8-12(18)6-7-14(13)19/h6-8,10-11,15H,3-5,9H2,1-2H3,(H,20,21)/t10-,11-,15-/m1/s1. The highest BCUT2D eigenvalue weighted by Crippen LogP contribution is 2.29. The van der Waals surface area contributed by atoms with Gasteiger partial charge in [-0.2, -0.15) is 0 Å². The number of hydrogen-bond donors (Lipinski definition) is 1. The van der Waals surface area contributed by atoms with Crippen LogP contribution in [0, 0.1) is 17.7 Å². The zero-order valence-corrected chi connectivity index (χ0v) is 14.9. The Morgan fingerprint density at radius 1 is 1.35 bits per heavy atom. The predicted octanol–water partition coefficient (Wildman–Crippen LogP) is 3.69. The number of esters is 1. The molecule has 0 bridgehead atoms. The molecule has 2 rings (SSSR count). The molecule has 1 amide bonds. The Hall–Kier alpha value is -1.43. The first-order chi connectivity index (χ1) is 10.9. The highest BCUT2D eigenvalue weighted by molar-refractivity contribution is 9.10. The fourth-order valence-electron chi connectivity index (χ4n) is 2.90. The smallest absolute Gasteiger partial charge is 0.341 e. The fraction of sp³-hybridized carbons (Fsp3) is 0.529. The molecule has 3 atom stereocenters. The quantitative estimate of drug-likeness (QED) is 0.804. The van der Waals surface area contributed by atoms with E-state index >= 15 is 0 Å². The van der Waals surface area contributed by atoms with Crippen molar-refractivity contribution in [2.24, 2.45) is 11.8 Å². The lowest BCUT2D eigenvalue weighted by Gasteiger charge is -2.34. The summed E-state index contributed by atoms with van der Waals surface area (Å²) in [6, 6.07) is 4.10. The van der Waals surface area contributed by atoms with E-state index in [1.807, 2.05) is 0 Å². The van der Waals surface area contributed by atoms with Crippen molar-refractivity contribution in [3.8, 4) is 0 Å². The van der Waals surface area contributed by atoms with Gasteiger partial charge in [0.15, 0.2) is 6.61 Å². The zero-order valence-electron chi connectivity index (χ0n) is 13.3. The van der Waals surface area contributed by atoms with Gasteiger partial charge in [0.2, 0.25) is 0 Å². The summed E-state index contributed by atoms with van der Waals surface area (Å²) in [4.78, 5) is 23.8. The summed E-state index contributed by atoms with van der Waals surface area (Å²) in [5.74, 6) is -0.907. The second kappa shape index (κ2) is 7.90. The van der Waals surface area contributed by atoms with Gasteiger partial charge in [0.1, 0.15) is 5.82 Å². The summed E-state index contributed by atoms with van der Waals surface area (Å²) in [6.07, 6.45) is 3.19. The number of rotatable bonds is 4. The molecule has 0 aromatic heterocycles. The van der Waals surface area contributed by atoms with Crippen molar-refractivity contribution < 1.29 is 18.7 Å². The summed E-state index contributed by atoms with van der Waals surface area (Å²) in [5.41, 5.74) is -0.188. The van der Waals surface area contributed by atoms with Gasteiger partial charge in [-0.15, -0.1) is 0 Å². The minimum Gasteiger partial charge on any atom is -0.452 e. The van der Waals surface area contributed by atoms with Gasteiger partial charge in [0.25, 0.3) is 5.91 Å². The number of carbonyl (C=O) groups excluding carboxylic acids is 2. The minimum atomic E-state index is -0.844. The van der Waals surface area contributed by atoms with E-state index in [-0.39, 0.29) is 17.5 Å². The number of amides is 1. The molecule has 0 radical (unpaired) electrons. The molecule has 1 aliphatic carbocycles. The lowest BCUT2D eigenvalue weighted by atomic mass is 9.78. The summed E-state index contributed by atoms with van der Waals surface area (Å²) in [7, 11) is 0. The first-order valence-electron chi connectivity index (χ1n) is 7.80. The molecule has 0 saturated heterocycles. The predicted molar refractivity (Wildman–Crippen MR) is 88.5 cm³/mol. The average molecular weight is 386 g/mol. The molecule has 0 unspecified atom stereocenters. The van der Waals surface area contributed by atoms with Crippen LogP contribution in [-0.2, 0) is 9.53 Å². The third-order valence-corrected chi connectivity index (χ3v) is 5.03. The Morgan fingerprint density at radius 2 is 2.09 bits per heavy atom. The lowest BCUT2D eigenvalue weighted by Crippen LogP contribution is -2.45. The first-order valence-corrected chi connectivity index (χ1v) is 8.59. The molecular weight excluding hydrogens is 365 g/mol. The number of ether oxygens (including phenoxy) is 1. The van der Waals surface area contributed by atoms with Gasteiger partial charge in [-0.05, 0) is 36.5 Å². The summed E-state index contributed by atoms with van der Waals surface area (Å²) >= 11 is 3.17. The molecule has 126 valence electrons. The molecule has 1 saturated carbocycles. The number of hydrogen-bond acceptors (Lipinski definition) is 3. The largest absolute Gasteiger partial charge is 0.452 e. The van der Waals surface area contributed by atoms with E-state index in [1.165, 1.54) is 24.6 Å². The van der Waals surface area contributed by atoms with Gasteiger partial charge in [0.05, 0.1) is 5.56 Å². The number of nitrogens with one attached hydrogen (secondary N) is 1. The monoisotopic (exact) mass is 385 g/mol. The van der Waals surface area contributed by atoms with Gasteiger partial charge in [-0.25, -0.2) is 9.18 Å². The van der Waals surface area contributed by atoms with Crippen LogP contribution in [0.5, 0.6) is 0 Å². The Labute approximate surface area is 143 Å². The zero-order chi connectivity index (χ0) is 17.0. The third kappa shape index (κ3) is 4.77. The van der Waals surface area contributed by atoms with E-state index in [4.69, 9.17) is 4.74 Å².